The van der Waals surface area contributed by atoms with E-state index in [2.05, 4.69) is 21.2 Å². The number of piperidine rings is 1. The lowest BCUT2D eigenvalue weighted by Gasteiger charge is -2.25. The van der Waals surface area contributed by atoms with Crippen LogP contribution < -0.4 is 5.32 Å². The Morgan fingerprint density at radius 2 is 2.12 bits per heavy atom. The lowest BCUT2D eigenvalue weighted by Crippen LogP contribution is -2.27. The number of hydrogen-bond acceptors (Lipinski definition) is 2. The Morgan fingerprint density at radius 3 is 2.75 bits per heavy atom. The number of halogens is 3. The van der Waals surface area contributed by atoms with Crippen LogP contribution in [0.5, 0.6) is 5.75 Å². The normalized spacial score (nSPS) is 21.1. The molecule has 1 atom stereocenters. The summed E-state index contributed by atoms with van der Waals surface area (Å²) in [6, 6.07) is 0.637. The average molecular weight is 292 g/mol. The van der Waals surface area contributed by atoms with E-state index in [4.69, 9.17) is 0 Å². The molecule has 1 heterocycles. The van der Waals surface area contributed by atoms with Crippen molar-refractivity contribution in [1.82, 2.24) is 5.32 Å². The number of aromatic hydroxyl groups is 1. The van der Waals surface area contributed by atoms with Crippen LogP contribution >= 0.6 is 15.9 Å². The van der Waals surface area contributed by atoms with Crippen LogP contribution in [-0.2, 0) is 0 Å². The lowest BCUT2D eigenvalue weighted by atomic mass is 9.96. The molecule has 1 fully saturated rings. The van der Waals surface area contributed by atoms with Gasteiger partial charge in [-0.15, -0.1) is 0 Å². The van der Waals surface area contributed by atoms with Gasteiger partial charge in [0, 0.05) is 6.04 Å². The highest BCUT2D eigenvalue weighted by Crippen LogP contribution is 2.38. The maximum absolute atomic E-state index is 13.6. The fraction of sp³-hybridized carbons (Fsp3) is 0.455. The third kappa shape index (κ3) is 2.06. The molecule has 1 aliphatic heterocycles. The minimum Gasteiger partial charge on any atom is -0.506 e. The Labute approximate surface area is 101 Å². The molecule has 1 aliphatic rings. The fourth-order valence-corrected chi connectivity index (χ4v) is 2.44. The van der Waals surface area contributed by atoms with Crippen molar-refractivity contribution in [3.8, 4) is 5.75 Å². The molecule has 0 amide bonds. The van der Waals surface area contributed by atoms with Gasteiger partial charge >= 0.3 is 0 Å². The molecule has 2 rings (SSSR count). The summed E-state index contributed by atoms with van der Waals surface area (Å²) in [4.78, 5) is 0. The molecule has 16 heavy (non-hydrogen) atoms. The van der Waals surface area contributed by atoms with Gasteiger partial charge in [0.1, 0.15) is 5.75 Å². The van der Waals surface area contributed by atoms with Gasteiger partial charge in [-0.3, -0.25) is 0 Å². The van der Waals surface area contributed by atoms with Crippen molar-refractivity contribution in [2.75, 3.05) is 6.54 Å². The first-order valence-electron chi connectivity index (χ1n) is 5.21. The molecule has 0 aromatic heterocycles. The molecule has 1 saturated heterocycles. The van der Waals surface area contributed by atoms with Crippen LogP contribution in [0, 0.1) is 11.6 Å². The van der Waals surface area contributed by atoms with Gasteiger partial charge in [-0.2, -0.15) is 0 Å². The average Bonchev–Trinajstić information content (AvgIpc) is 2.28. The van der Waals surface area contributed by atoms with E-state index in [0.29, 0.717) is 6.42 Å². The van der Waals surface area contributed by atoms with E-state index in [1.807, 2.05) is 0 Å². The molecule has 2 N–H and O–H groups in total. The van der Waals surface area contributed by atoms with Crippen LogP contribution in [0.3, 0.4) is 0 Å². The van der Waals surface area contributed by atoms with Gasteiger partial charge in [-0.25, -0.2) is 8.78 Å². The van der Waals surface area contributed by atoms with Crippen LogP contribution in [0.2, 0.25) is 0 Å². The Balaban J connectivity index is 2.45. The van der Waals surface area contributed by atoms with Gasteiger partial charge in [0.25, 0.3) is 0 Å². The minimum atomic E-state index is -0.958. The number of phenolic OH excluding ortho intramolecular Hbond substituents is 1. The van der Waals surface area contributed by atoms with E-state index >= 15 is 0 Å². The zero-order valence-corrected chi connectivity index (χ0v) is 10.2. The zero-order chi connectivity index (χ0) is 11.7. The van der Waals surface area contributed by atoms with Crippen molar-refractivity contribution in [2.45, 2.75) is 25.3 Å². The molecule has 0 bridgehead atoms. The molecule has 0 aliphatic carbocycles. The fourth-order valence-electron chi connectivity index (χ4n) is 2.02. The van der Waals surface area contributed by atoms with E-state index in [1.54, 1.807) is 0 Å². The lowest BCUT2D eigenvalue weighted by molar-refractivity contribution is 0.366. The summed E-state index contributed by atoms with van der Waals surface area (Å²) in [5.41, 5.74) is 0.0339. The molecule has 5 heteroatoms. The quantitative estimate of drug-likeness (QED) is 0.779. The highest BCUT2D eigenvalue weighted by atomic mass is 79.9. The first-order chi connectivity index (χ1) is 7.61. The molecular formula is C11H12BrF2NO. The summed E-state index contributed by atoms with van der Waals surface area (Å²) in [5.74, 6) is -2.11. The number of nitrogens with one attached hydrogen (secondary N) is 1. The molecule has 0 spiro atoms. The van der Waals surface area contributed by atoms with Gasteiger partial charge in [0.2, 0.25) is 0 Å². The maximum atomic E-state index is 13.6. The Hall–Kier alpha value is -0.680. The largest absolute Gasteiger partial charge is 0.506 e. The Bertz CT molecular complexity index is 379. The number of hydrogen-bond donors (Lipinski definition) is 2. The van der Waals surface area contributed by atoms with Gasteiger partial charge in [0.05, 0.1) is 10.0 Å². The highest BCUT2D eigenvalue weighted by Gasteiger charge is 2.25. The van der Waals surface area contributed by atoms with Gasteiger partial charge in [-0.05, 0) is 41.4 Å². The van der Waals surface area contributed by atoms with E-state index in [0.717, 1.165) is 25.5 Å². The molecule has 88 valence electrons. The smallest absolute Gasteiger partial charge is 0.167 e. The van der Waals surface area contributed by atoms with Crippen LogP contribution in [0.15, 0.2) is 10.5 Å². The maximum Gasteiger partial charge on any atom is 0.167 e. The van der Waals surface area contributed by atoms with Gasteiger partial charge in [-0.1, -0.05) is 6.42 Å². The van der Waals surface area contributed by atoms with Gasteiger partial charge in [0.15, 0.2) is 11.6 Å². The summed E-state index contributed by atoms with van der Waals surface area (Å²) < 4.78 is 27.1. The zero-order valence-electron chi connectivity index (χ0n) is 8.56. The van der Waals surface area contributed by atoms with E-state index < -0.39 is 11.6 Å². The topological polar surface area (TPSA) is 32.3 Å². The number of phenols is 1. The third-order valence-corrected chi connectivity index (χ3v) is 3.44. The predicted molar refractivity (Wildman–Crippen MR) is 60.3 cm³/mol. The molecule has 2 nitrogen and oxygen atoms in total. The summed E-state index contributed by atoms with van der Waals surface area (Å²) in [7, 11) is 0. The molecule has 1 unspecified atom stereocenters. The first-order valence-corrected chi connectivity index (χ1v) is 6.00. The number of rotatable bonds is 1. The third-order valence-electron chi connectivity index (χ3n) is 2.84. The second-order valence-corrected chi connectivity index (χ2v) is 4.77. The van der Waals surface area contributed by atoms with Crippen molar-refractivity contribution in [2.24, 2.45) is 0 Å². The van der Waals surface area contributed by atoms with Crippen molar-refractivity contribution >= 4 is 15.9 Å². The minimum absolute atomic E-state index is 0.0339. The van der Waals surface area contributed by atoms with E-state index in [1.165, 1.54) is 0 Å². The van der Waals surface area contributed by atoms with Crippen molar-refractivity contribution in [3.05, 3.63) is 27.7 Å². The van der Waals surface area contributed by atoms with Crippen LogP contribution in [0.1, 0.15) is 30.9 Å². The second kappa shape index (κ2) is 4.67. The molecular weight excluding hydrogens is 280 g/mol. The van der Waals surface area contributed by atoms with Crippen LogP contribution in [0.4, 0.5) is 8.78 Å². The van der Waals surface area contributed by atoms with Crippen LogP contribution in [0.25, 0.3) is 0 Å². The monoisotopic (exact) mass is 291 g/mol. The SMILES string of the molecule is Oc1c(Br)cc(F)c(F)c1C1CCCCN1. The predicted octanol–water partition coefficient (Wildman–Crippen LogP) is 3.25. The Kier molecular flexibility index (Phi) is 3.44. The summed E-state index contributed by atoms with van der Waals surface area (Å²) >= 11 is 3.01. The van der Waals surface area contributed by atoms with Crippen molar-refractivity contribution < 1.29 is 13.9 Å². The van der Waals surface area contributed by atoms with Gasteiger partial charge < -0.3 is 10.4 Å². The summed E-state index contributed by atoms with van der Waals surface area (Å²) in [6.07, 6.45) is 2.68. The van der Waals surface area contributed by atoms with Crippen LogP contribution in [-0.4, -0.2) is 11.7 Å². The molecule has 1 aromatic rings. The summed E-state index contributed by atoms with van der Waals surface area (Å²) in [5, 5.41) is 12.8. The first kappa shape index (κ1) is 11.8. The van der Waals surface area contributed by atoms with E-state index in [-0.39, 0.29) is 21.8 Å². The van der Waals surface area contributed by atoms with Crippen molar-refractivity contribution in [1.29, 1.82) is 0 Å². The highest BCUT2D eigenvalue weighted by molar-refractivity contribution is 9.10. The summed E-state index contributed by atoms with van der Waals surface area (Å²) in [6.45, 7) is 0.762. The van der Waals surface area contributed by atoms with Crippen molar-refractivity contribution in [3.63, 3.8) is 0 Å². The molecule has 1 aromatic carbocycles. The molecule has 0 radical (unpaired) electrons. The Morgan fingerprint density at radius 1 is 1.38 bits per heavy atom. The second-order valence-electron chi connectivity index (χ2n) is 3.92. The molecule has 0 saturated carbocycles. The standard InChI is InChI=1S/C11H12BrF2NO/c12-6-5-7(13)10(14)9(11(6)16)8-3-1-2-4-15-8/h5,8,15-16H,1-4H2. The van der Waals surface area contributed by atoms with E-state index in [9.17, 15) is 13.9 Å². The number of benzene rings is 1.